The molecule has 0 bridgehead atoms. The van der Waals surface area contributed by atoms with Crippen LogP contribution in [-0.2, 0) is 11.3 Å². The monoisotopic (exact) mass is 392 g/mol. The van der Waals surface area contributed by atoms with Gasteiger partial charge in [-0.2, -0.15) is 0 Å². The first-order valence-corrected chi connectivity index (χ1v) is 9.50. The van der Waals surface area contributed by atoms with E-state index < -0.39 is 0 Å². The van der Waals surface area contributed by atoms with Crippen LogP contribution in [-0.4, -0.2) is 25.1 Å². The van der Waals surface area contributed by atoms with E-state index >= 15 is 0 Å². The van der Waals surface area contributed by atoms with Crippen LogP contribution in [0.4, 0.5) is 5.69 Å². The highest BCUT2D eigenvalue weighted by Crippen LogP contribution is 2.42. The fourth-order valence-corrected chi connectivity index (χ4v) is 4.03. The van der Waals surface area contributed by atoms with Crippen molar-refractivity contribution >= 4 is 23.2 Å². The Labute approximate surface area is 169 Å². The smallest absolute Gasteiger partial charge is 0.253 e. The molecule has 4 nitrogen and oxygen atoms in total. The van der Waals surface area contributed by atoms with Crippen molar-refractivity contribution < 1.29 is 9.53 Å². The molecule has 0 saturated carbocycles. The summed E-state index contributed by atoms with van der Waals surface area (Å²) in [4.78, 5) is 13.4. The van der Waals surface area contributed by atoms with Gasteiger partial charge >= 0.3 is 0 Å². The predicted octanol–water partition coefficient (Wildman–Crippen LogP) is 4.87. The van der Waals surface area contributed by atoms with E-state index in [1.165, 1.54) is 0 Å². The molecule has 1 amide bonds. The Balaban J connectivity index is 1.69. The number of ether oxygens (including phenoxy) is 1. The standard InChI is InChI=1S/C23H21ClN2O2/c1-25(15-17-11-8-14-20(28-2)22(17)24)26-19-13-7-6-12-18(19)21(23(26)27)16-9-4-3-5-10-16/h3-14,21H,15H2,1-2H3. The minimum atomic E-state index is -0.305. The quantitative estimate of drug-likeness (QED) is 0.620. The van der Waals surface area contributed by atoms with Crippen LogP contribution in [0.15, 0.2) is 72.8 Å². The maximum absolute atomic E-state index is 13.4. The van der Waals surface area contributed by atoms with E-state index in [4.69, 9.17) is 16.3 Å². The highest BCUT2D eigenvalue weighted by atomic mass is 35.5. The van der Waals surface area contributed by atoms with Gasteiger partial charge in [-0.25, -0.2) is 10.0 Å². The van der Waals surface area contributed by atoms with Crippen molar-refractivity contribution in [2.45, 2.75) is 12.5 Å². The Morgan fingerprint density at radius 1 is 1.00 bits per heavy atom. The molecule has 28 heavy (non-hydrogen) atoms. The second-order valence-electron chi connectivity index (χ2n) is 6.80. The van der Waals surface area contributed by atoms with Crippen LogP contribution in [0.1, 0.15) is 22.6 Å². The molecule has 1 atom stereocenters. The molecule has 0 aliphatic carbocycles. The summed E-state index contributed by atoms with van der Waals surface area (Å²) in [7, 11) is 3.50. The third-order valence-electron chi connectivity index (χ3n) is 5.07. The fraction of sp³-hybridized carbons (Fsp3) is 0.174. The Morgan fingerprint density at radius 3 is 2.46 bits per heavy atom. The lowest BCUT2D eigenvalue weighted by Crippen LogP contribution is -2.42. The number of benzene rings is 3. The fourth-order valence-electron chi connectivity index (χ4n) is 3.77. The van der Waals surface area contributed by atoms with Gasteiger partial charge in [-0.15, -0.1) is 0 Å². The van der Waals surface area contributed by atoms with Crippen molar-refractivity contribution in [2.75, 3.05) is 19.2 Å². The Bertz CT molecular complexity index is 1010. The van der Waals surface area contributed by atoms with Gasteiger partial charge in [0.25, 0.3) is 5.91 Å². The maximum atomic E-state index is 13.4. The van der Waals surface area contributed by atoms with Gasteiger partial charge in [0.05, 0.1) is 23.7 Å². The Morgan fingerprint density at radius 2 is 1.71 bits per heavy atom. The summed E-state index contributed by atoms with van der Waals surface area (Å²) in [6.45, 7) is 0.484. The van der Waals surface area contributed by atoms with E-state index in [2.05, 4.69) is 0 Å². The molecule has 3 aromatic rings. The van der Waals surface area contributed by atoms with Crippen molar-refractivity contribution in [3.63, 3.8) is 0 Å². The number of amides is 1. The highest BCUT2D eigenvalue weighted by molar-refractivity contribution is 6.32. The molecule has 4 rings (SSSR count). The van der Waals surface area contributed by atoms with E-state index in [9.17, 15) is 4.79 Å². The SMILES string of the molecule is COc1cccc(CN(C)N2C(=O)C(c3ccccc3)c3ccccc32)c1Cl. The number of anilines is 1. The lowest BCUT2D eigenvalue weighted by molar-refractivity contribution is -0.121. The number of hydrogen-bond donors (Lipinski definition) is 0. The number of hydrazine groups is 1. The second kappa shape index (κ2) is 7.66. The summed E-state index contributed by atoms with van der Waals surface area (Å²) in [6, 6.07) is 23.5. The maximum Gasteiger partial charge on any atom is 0.253 e. The Kier molecular flexibility index (Phi) is 5.07. The molecule has 0 fully saturated rings. The van der Waals surface area contributed by atoms with Crippen molar-refractivity contribution in [1.29, 1.82) is 0 Å². The zero-order valence-electron chi connectivity index (χ0n) is 15.8. The average molecular weight is 393 g/mol. The first-order valence-electron chi connectivity index (χ1n) is 9.12. The van der Waals surface area contributed by atoms with E-state index in [1.807, 2.05) is 84.9 Å². The van der Waals surface area contributed by atoms with Crippen LogP contribution < -0.4 is 9.75 Å². The van der Waals surface area contributed by atoms with Crippen molar-refractivity contribution in [2.24, 2.45) is 0 Å². The molecular weight excluding hydrogens is 372 g/mol. The molecule has 1 aliphatic heterocycles. The number of nitrogens with zero attached hydrogens (tertiary/aromatic N) is 2. The summed E-state index contributed by atoms with van der Waals surface area (Å²) < 4.78 is 5.31. The van der Waals surface area contributed by atoms with Gasteiger partial charge in [0.15, 0.2) is 0 Å². The van der Waals surface area contributed by atoms with Gasteiger partial charge in [0.1, 0.15) is 5.75 Å². The number of halogens is 1. The van der Waals surface area contributed by atoms with Crippen molar-refractivity contribution in [3.8, 4) is 5.75 Å². The zero-order valence-corrected chi connectivity index (χ0v) is 16.6. The minimum absolute atomic E-state index is 0.0360. The summed E-state index contributed by atoms with van der Waals surface area (Å²) in [6.07, 6.45) is 0. The largest absolute Gasteiger partial charge is 0.495 e. The molecule has 3 aromatic carbocycles. The van der Waals surface area contributed by atoms with E-state index in [1.54, 1.807) is 12.1 Å². The summed E-state index contributed by atoms with van der Waals surface area (Å²) >= 11 is 6.47. The van der Waals surface area contributed by atoms with E-state index in [-0.39, 0.29) is 11.8 Å². The third-order valence-corrected chi connectivity index (χ3v) is 5.50. The van der Waals surface area contributed by atoms with Crippen molar-refractivity contribution in [1.82, 2.24) is 5.01 Å². The van der Waals surface area contributed by atoms with Crippen LogP contribution in [0.25, 0.3) is 0 Å². The van der Waals surface area contributed by atoms with E-state index in [0.717, 1.165) is 22.4 Å². The number of fused-ring (bicyclic) bond motifs is 1. The number of methoxy groups -OCH3 is 1. The van der Waals surface area contributed by atoms with E-state index in [0.29, 0.717) is 17.3 Å². The van der Waals surface area contributed by atoms with Gasteiger partial charge in [0.2, 0.25) is 0 Å². The summed E-state index contributed by atoms with van der Waals surface area (Å²) in [5.74, 6) is 0.359. The predicted molar refractivity (Wildman–Crippen MR) is 112 cm³/mol. The molecule has 1 aliphatic rings. The van der Waals surface area contributed by atoms with Crippen LogP contribution in [0, 0.1) is 0 Å². The molecule has 0 spiro atoms. The van der Waals surface area contributed by atoms with Crippen LogP contribution >= 0.6 is 11.6 Å². The Hall–Kier alpha value is -2.82. The molecule has 0 radical (unpaired) electrons. The number of rotatable bonds is 5. The molecule has 1 heterocycles. The topological polar surface area (TPSA) is 32.8 Å². The second-order valence-corrected chi connectivity index (χ2v) is 7.18. The molecule has 142 valence electrons. The molecule has 1 unspecified atom stereocenters. The minimum Gasteiger partial charge on any atom is -0.495 e. The zero-order chi connectivity index (χ0) is 19.7. The van der Waals surface area contributed by atoms with Crippen LogP contribution in [0.3, 0.4) is 0 Å². The third kappa shape index (κ3) is 3.15. The number of carbonyl (C=O) groups excluding carboxylic acids is 1. The van der Waals surface area contributed by atoms with Crippen molar-refractivity contribution in [3.05, 3.63) is 94.5 Å². The normalized spacial score (nSPS) is 15.8. The van der Waals surface area contributed by atoms with Gasteiger partial charge in [-0.3, -0.25) is 4.79 Å². The number of carbonyl (C=O) groups is 1. The molecular formula is C23H21ClN2O2. The van der Waals surface area contributed by atoms with Crippen LogP contribution in [0.5, 0.6) is 5.75 Å². The summed E-state index contributed by atoms with van der Waals surface area (Å²) in [5.41, 5.74) is 3.82. The first-order chi connectivity index (χ1) is 13.6. The van der Waals surface area contributed by atoms with Gasteiger partial charge in [0, 0.05) is 13.6 Å². The highest BCUT2D eigenvalue weighted by Gasteiger charge is 2.40. The van der Waals surface area contributed by atoms with Gasteiger partial charge < -0.3 is 4.74 Å². The lowest BCUT2D eigenvalue weighted by Gasteiger charge is -2.29. The van der Waals surface area contributed by atoms with Gasteiger partial charge in [-0.05, 0) is 28.8 Å². The molecule has 5 heteroatoms. The average Bonchev–Trinajstić information content (AvgIpc) is 3.02. The molecule has 0 N–H and O–H groups in total. The molecule has 0 aromatic heterocycles. The number of para-hydroxylation sites is 1. The summed E-state index contributed by atoms with van der Waals surface area (Å²) in [5, 5.41) is 4.23. The van der Waals surface area contributed by atoms with Gasteiger partial charge in [-0.1, -0.05) is 72.3 Å². The number of hydrogen-bond acceptors (Lipinski definition) is 3. The first kappa shape index (κ1) is 18.5. The molecule has 0 saturated heterocycles. The van der Waals surface area contributed by atoms with Crippen LogP contribution in [0.2, 0.25) is 5.02 Å². The lowest BCUT2D eigenvalue weighted by atomic mass is 9.93.